The molecule has 154 valence electrons. The third kappa shape index (κ3) is 5.27. The van der Waals surface area contributed by atoms with Gasteiger partial charge in [-0.2, -0.15) is 0 Å². The average Bonchev–Trinajstić information content (AvgIpc) is 3.22. The minimum Gasteiger partial charge on any atom is -0.459 e. The van der Waals surface area contributed by atoms with Crippen molar-refractivity contribution >= 4 is 52.1 Å². The van der Waals surface area contributed by atoms with E-state index in [0.717, 1.165) is 5.69 Å². The molecule has 1 aliphatic heterocycles. The molecule has 0 saturated carbocycles. The zero-order valence-corrected chi connectivity index (χ0v) is 17.8. The van der Waals surface area contributed by atoms with Gasteiger partial charge in [-0.05, 0) is 42.5 Å². The molecule has 1 saturated heterocycles. The Morgan fingerprint density at radius 2 is 1.90 bits per heavy atom. The number of carbonyl (C=O) groups excluding carboxylic acids is 2. The molecule has 2 heterocycles. The van der Waals surface area contributed by atoms with Crippen molar-refractivity contribution in [3.8, 4) is 0 Å². The number of furan rings is 1. The van der Waals surface area contributed by atoms with Gasteiger partial charge in [0.05, 0.1) is 17.0 Å². The van der Waals surface area contributed by atoms with Crippen LogP contribution in [-0.2, 0) is 4.79 Å². The predicted octanol–water partition coefficient (Wildman–Crippen LogP) is 3.36. The molecule has 3 rings (SSSR count). The van der Waals surface area contributed by atoms with Crippen LogP contribution in [0.4, 0.5) is 11.4 Å². The minimum absolute atomic E-state index is 0.0998. The van der Waals surface area contributed by atoms with E-state index in [0.29, 0.717) is 42.6 Å². The Morgan fingerprint density at radius 1 is 1.17 bits per heavy atom. The maximum Gasteiger partial charge on any atom is 0.289 e. The molecule has 2 N–H and O–H groups in total. The summed E-state index contributed by atoms with van der Waals surface area (Å²) in [7, 11) is 0. The monoisotopic (exact) mass is 434 g/mol. The molecule has 0 unspecified atom stereocenters. The Morgan fingerprint density at radius 3 is 2.48 bits per heavy atom. The maximum atomic E-state index is 12.4. The van der Waals surface area contributed by atoms with E-state index >= 15 is 0 Å². The van der Waals surface area contributed by atoms with Crippen molar-refractivity contribution < 1.29 is 14.0 Å². The summed E-state index contributed by atoms with van der Waals surface area (Å²) >= 11 is 11.6. The smallest absolute Gasteiger partial charge is 0.289 e. The van der Waals surface area contributed by atoms with Crippen LogP contribution < -0.4 is 15.5 Å². The van der Waals surface area contributed by atoms with Crippen molar-refractivity contribution in [2.75, 3.05) is 36.4 Å². The highest BCUT2D eigenvalue weighted by Gasteiger charge is 2.24. The van der Waals surface area contributed by atoms with Crippen LogP contribution in [0.5, 0.6) is 0 Å². The molecule has 0 bridgehead atoms. The highest BCUT2D eigenvalue weighted by Crippen LogP contribution is 2.30. The first-order chi connectivity index (χ1) is 13.8. The number of piperazine rings is 1. The zero-order chi connectivity index (χ0) is 21.0. The van der Waals surface area contributed by atoms with E-state index in [-0.39, 0.29) is 22.8 Å². The van der Waals surface area contributed by atoms with Gasteiger partial charge in [-0.3, -0.25) is 9.59 Å². The van der Waals surface area contributed by atoms with Crippen LogP contribution >= 0.6 is 23.8 Å². The van der Waals surface area contributed by atoms with Crippen LogP contribution in [0, 0.1) is 5.92 Å². The molecular formula is C20H23ClN4O3S. The topological polar surface area (TPSA) is 77.8 Å². The van der Waals surface area contributed by atoms with Crippen LogP contribution in [0.1, 0.15) is 24.4 Å². The Kier molecular flexibility index (Phi) is 6.76. The van der Waals surface area contributed by atoms with Crippen LogP contribution in [-0.4, -0.2) is 48.0 Å². The van der Waals surface area contributed by atoms with E-state index in [4.69, 9.17) is 28.2 Å². The van der Waals surface area contributed by atoms with Crippen LogP contribution in [0.3, 0.4) is 0 Å². The third-order valence-corrected chi connectivity index (χ3v) is 5.11. The fourth-order valence-electron chi connectivity index (χ4n) is 2.97. The number of thiocarbonyl (C=S) groups is 1. The van der Waals surface area contributed by atoms with Crippen molar-refractivity contribution in [2.45, 2.75) is 13.8 Å². The number of hydrogen-bond donors (Lipinski definition) is 2. The Bertz CT molecular complexity index is 893. The van der Waals surface area contributed by atoms with Crippen molar-refractivity contribution in [1.29, 1.82) is 0 Å². The van der Waals surface area contributed by atoms with E-state index in [1.807, 2.05) is 12.1 Å². The summed E-state index contributed by atoms with van der Waals surface area (Å²) in [5.41, 5.74) is 1.58. The molecule has 2 amide bonds. The lowest BCUT2D eigenvalue weighted by atomic mass is 10.2. The minimum atomic E-state index is -0.154. The normalized spacial score (nSPS) is 14.1. The Labute approximate surface area is 180 Å². The molecular weight excluding hydrogens is 412 g/mol. The van der Waals surface area contributed by atoms with Crippen LogP contribution in [0.2, 0.25) is 5.02 Å². The van der Waals surface area contributed by atoms with E-state index in [1.165, 1.54) is 6.26 Å². The van der Waals surface area contributed by atoms with E-state index in [1.54, 1.807) is 36.9 Å². The molecule has 0 radical (unpaired) electrons. The van der Waals surface area contributed by atoms with Gasteiger partial charge in [0.25, 0.3) is 5.91 Å². The summed E-state index contributed by atoms with van der Waals surface area (Å²) in [4.78, 5) is 28.0. The lowest BCUT2D eigenvalue weighted by Crippen LogP contribution is -2.48. The van der Waals surface area contributed by atoms with Gasteiger partial charge in [-0.25, -0.2) is 0 Å². The Hall–Kier alpha value is -2.58. The fraction of sp³-hybridized carbons (Fsp3) is 0.350. The van der Waals surface area contributed by atoms with Gasteiger partial charge in [-0.1, -0.05) is 25.4 Å². The van der Waals surface area contributed by atoms with Gasteiger partial charge in [0.15, 0.2) is 10.9 Å². The molecule has 1 aromatic carbocycles. The van der Waals surface area contributed by atoms with E-state index in [9.17, 15) is 9.59 Å². The second-order valence-corrected chi connectivity index (χ2v) is 7.84. The SMILES string of the molecule is CC(C)C(=O)NC(=S)Nc1ccc(N2CCN(C(=O)c3ccco3)CC2)c(Cl)c1. The highest BCUT2D eigenvalue weighted by molar-refractivity contribution is 7.80. The lowest BCUT2D eigenvalue weighted by molar-refractivity contribution is -0.122. The summed E-state index contributed by atoms with van der Waals surface area (Å²) in [5.74, 6) is -0.0454. The molecule has 0 aliphatic carbocycles. The number of nitrogens with zero attached hydrogens (tertiary/aromatic N) is 2. The molecule has 1 aliphatic rings. The average molecular weight is 435 g/mol. The maximum absolute atomic E-state index is 12.4. The molecule has 7 nitrogen and oxygen atoms in total. The van der Waals surface area contributed by atoms with Gasteiger partial charge < -0.3 is 24.9 Å². The first kappa shape index (κ1) is 21.1. The molecule has 0 spiro atoms. The lowest BCUT2D eigenvalue weighted by Gasteiger charge is -2.36. The summed E-state index contributed by atoms with van der Waals surface area (Å²) in [6.45, 7) is 6.10. The summed E-state index contributed by atoms with van der Waals surface area (Å²) < 4.78 is 5.19. The van der Waals surface area contributed by atoms with Gasteiger partial charge in [0.1, 0.15) is 0 Å². The summed E-state index contributed by atoms with van der Waals surface area (Å²) in [5, 5.41) is 6.41. The molecule has 0 atom stereocenters. The highest BCUT2D eigenvalue weighted by atomic mass is 35.5. The number of halogens is 1. The van der Waals surface area contributed by atoms with Crippen molar-refractivity contribution in [3.63, 3.8) is 0 Å². The number of nitrogens with one attached hydrogen (secondary N) is 2. The van der Waals surface area contributed by atoms with Gasteiger partial charge >= 0.3 is 0 Å². The van der Waals surface area contributed by atoms with Gasteiger partial charge in [0.2, 0.25) is 5.91 Å². The van der Waals surface area contributed by atoms with E-state index in [2.05, 4.69) is 15.5 Å². The number of carbonyl (C=O) groups is 2. The largest absolute Gasteiger partial charge is 0.459 e. The second-order valence-electron chi connectivity index (χ2n) is 7.02. The summed E-state index contributed by atoms with van der Waals surface area (Å²) in [6.07, 6.45) is 1.50. The van der Waals surface area contributed by atoms with Crippen LogP contribution in [0.15, 0.2) is 41.0 Å². The van der Waals surface area contributed by atoms with Crippen molar-refractivity contribution in [3.05, 3.63) is 47.4 Å². The molecule has 29 heavy (non-hydrogen) atoms. The standard InChI is InChI=1S/C20H23ClN4O3S/c1-13(2)18(26)23-20(29)22-14-5-6-16(15(21)12-14)24-7-9-25(10-8-24)19(27)17-4-3-11-28-17/h3-6,11-13H,7-10H2,1-2H3,(H2,22,23,26,29). The van der Waals surface area contributed by atoms with Crippen molar-refractivity contribution in [2.24, 2.45) is 5.92 Å². The molecule has 9 heteroatoms. The molecule has 1 aromatic heterocycles. The number of benzene rings is 1. The quantitative estimate of drug-likeness (QED) is 0.718. The molecule has 1 fully saturated rings. The number of rotatable bonds is 4. The van der Waals surface area contributed by atoms with Gasteiger partial charge in [-0.15, -0.1) is 0 Å². The number of amides is 2. The van der Waals surface area contributed by atoms with Crippen molar-refractivity contribution in [1.82, 2.24) is 10.2 Å². The van der Waals surface area contributed by atoms with E-state index < -0.39 is 0 Å². The van der Waals surface area contributed by atoms with Gasteiger partial charge in [0, 0.05) is 37.8 Å². The molecule has 2 aromatic rings. The second kappa shape index (κ2) is 9.28. The third-order valence-electron chi connectivity index (χ3n) is 4.61. The first-order valence-corrected chi connectivity index (χ1v) is 10.1. The fourth-order valence-corrected chi connectivity index (χ4v) is 3.48. The first-order valence-electron chi connectivity index (χ1n) is 9.34. The zero-order valence-electron chi connectivity index (χ0n) is 16.3. The Balaban J connectivity index is 1.57. The van der Waals surface area contributed by atoms with Crippen LogP contribution in [0.25, 0.3) is 0 Å². The number of anilines is 2. The predicted molar refractivity (Wildman–Crippen MR) is 117 cm³/mol. The summed E-state index contributed by atoms with van der Waals surface area (Å²) in [6, 6.07) is 8.91. The number of hydrogen-bond acceptors (Lipinski definition) is 5.